The van der Waals surface area contributed by atoms with Crippen molar-refractivity contribution in [3.63, 3.8) is 0 Å². The van der Waals surface area contributed by atoms with E-state index in [0.29, 0.717) is 0 Å². The molecule has 4 N–H and O–H groups in total. The molecule has 0 aromatic carbocycles. The first-order valence-corrected chi connectivity index (χ1v) is 9.34. The quantitative estimate of drug-likeness (QED) is 0.566. The van der Waals surface area contributed by atoms with Gasteiger partial charge in [0.15, 0.2) is 0 Å². The molecular formula is C13H21NO6S2. The molecule has 3 unspecified atom stereocenters. The zero-order valence-electron chi connectivity index (χ0n) is 12.3. The molecule has 7 nitrogen and oxygen atoms in total. The van der Waals surface area contributed by atoms with E-state index in [9.17, 15) is 23.7 Å². The van der Waals surface area contributed by atoms with Crippen LogP contribution >= 0.6 is 11.3 Å². The Kier molecular flexibility index (Phi) is 5.59. The van der Waals surface area contributed by atoms with Crippen molar-refractivity contribution in [2.24, 2.45) is 0 Å². The molecule has 0 amide bonds. The van der Waals surface area contributed by atoms with Crippen molar-refractivity contribution in [1.29, 1.82) is 0 Å². The number of aliphatic hydroxyl groups excluding tert-OH is 3. The summed E-state index contributed by atoms with van der Waals surface area (Å²) in [6, 6.07) is 3.29. The summed E-state index contributed by atoms with van der Waals surface area (Å²) >= 11 is 1.19. The minimum Gasteiger partial charge on any atom is -0.388 e. The highest BCUT2D eigenvalue weighted by molar-refractivity contribution is 7.91. The van der Waals surface area contributed by atoms with Crippen LogP contribution < -0.4 is 4.72 Å². The zero-order chi connectivity index (χ0) is 16.5. The van der Waals surface area contributed by atoms with Gasteiger partial charge in [0.05, 0.1) is 6.10 Å². The van der Waals surface area contributed by atoms with Gasteiger partial charge in [-0.2, -0.15) is 0 Å². The van der Waals surface area contributed by atoms with Gasteiger partial charge in [-0.05, 0) is 25.5 Å². The van der Waals surface area contributed by atoms with Gasteiger partial charge >= 0.3 is 0 Å². The van der Waals surface area contributed by atoms with E-state index in [1.807, 2.05) is 6.92 Å². The van der Waals surface area contributed by atoms with E-state index in [0.717, 1.165) is 11.3 Å². The van der Waals surface area contributed by atoms with Crippen LogP contribution in [-0.4, -0.2) is 60.8 Å². The molecule has 1 aliphatic rings. The molecule has 0 aliphatic carbocycles. The van der Waals surface area contributed by atoms with Crippen LogP contribution in [0.15, 0.2) is 16.3 Å². The third kappa shape index (κ3) is 3.67. The van der Waals surface area contributed by atoms with Crippen molar-refractivity contribution in [2.45, 2.75) is 55.0 Å². The van der Waals surface area contributed by atoms with Crippen LogP contribution in [-0.2, 0) is 21.2 Å². The molecule has 0 radical (unpaired) electrons. The van der Waals surface area contributed by atoms with Crippen molar-refractivity contribution in [1.82, 2.24) is 4.72 Å². The van der Waals surface area contributed by atoms with Crippen molar-refractivity contribution in [2.75, 3.05) is 6.54 Å². The molecule has 1 saturated heterocycles. The molecule has 0 saturated carbocycles. The normalized spacial score (nSPS) is 33.0. The number of thiophene rings is 1. The van der Waals surface area contributed by atoms with Gasteiger partial charge in [0.25, 0.3) is 0 Å². The highest BCUT2D eigenvalue weighted by Gasteiger charge is 2.41. The van der Waals surface area contributed by atoms with E-state index >= 15 is 0 Å². The lowest BCUT2D eigenvalue weighted by Crippen LogP contribution is -2.59. The van der Waals surface area contributed by atoms with Gasteiger partial charge in [-0.15, -0.1) is 11.3 Å². The first-order valence-electron chi connectivity index (χ1n) is 7.04. The summed E-state index contributed by atoms with van der Waals surface area (Å²) in [5.74, 6) is 0. The summed E-state index contributed by atoms with van der Waals surface area (Å²) in [7, 11) is -3.69. The second-order valence-electron chi connectivity index (χ2n) is 5.28. The summed E-state index contributed by atoms with van der Waals surface area (Å²) in [5, 5.41) is 29.2. The van der Waals surface area contributed by atoms with Gasteiger partial charge in [0.2, 0.25) is 10.0 Å². The molecule has 1 aliphatic heterocycles. The van der Waals surface area contributed by atoms with Crippen LogP contribution in [0.25, 0.3) is 0 Å². The number of aryl methyl sites for hydroxylation is 1. The Bertz CT molecular complexity index is 601. The van der Waals surface area contributed by atoms with E-state index in [1.165, 1.54) is 17.4 Å². The van der Waals surface area contributed by atoms with Crippen LogP contribution in [0.5, 0.6) is 0 Å². The minimum absolute atomic E-state index is 0.184. The molecule has 2 rings (SSSR count). The zero-order valence-corrected chi connectivity index (χ0v) is 14.0. The lowest BCUT2D eigenvalue weighted by molar-refractivity contribution is -0.214. The molecular weight excluding hydrogens is 330 g/mol. The van der Waals surface area contributed by atoms with Gasteiger partial charge in [0.1, 0.15) is 28.6 Å². The number of hydrogen-bond acceptors (Lipinski definition) is 7. The molecule has 1 fully saturated rings. The van der Waals surface area contributed by atoms with Crippen molar-refractivity contribution < 1.29 is 28.5 Å². The van der Waals surface area contributed by atoms with Gasteiger partial charge in [-0.25, -0.2) is 13.1 Å². The summed E-state index contributed by atoms with van der Waals surface area (Å²) in [6.07, 6.45) is -4.79. The Morgan fingerprint density at radius 3 is 2.50 bits per heavy atom. The summed E-state index contributed by atoms with van der Waals surface area (Å²) < 4.78 is 32.3. The second kappa shape index (κ2) is 6.91. The number of rotatable bonds is 5. The number of nitrogens with one attached hydrogen (secondary N) is 1. The summed E-state index contributed by atoms with van der Waals surface area (Å²) in [6.45, 7) is 3.31. The molecule has 1 aromatic rings. The molecule has 22 heavy (non-hydrogen) atoms. The second-order valence-corrected chi connectivity index (χ2v) is 8.44. The summed E-state index contributed by atoms with van der Waals surface area (Å²) in [4.78, 5) is 0.960. The highest BCUT2D eigenvalue weighted by atomic mass is 32.2. The predicted molar refractivity (Wildman–Crippen MR) is 81.2 cm³/mol. The van der Waals surface area contributed by atoms with Gasteiger partial charge in [-0.3, -0.25) is 0 Å². The lowest BCUT2D eigenvalue weighted by atomic mass is 9.96. The van der Waals surface area contributed by atoms with Crippen LogP contribution in [0.3, 0.4) is 0 Å². The highest BCUT2D eigenvalue weighted by Crippen LogP contribution is 2.23. The average Bonchev–Trinajstić information content (AvgIpc) is 2.97. The number of hydrogen-bond donors (Lipinski definition) is 4. The smallest absolute Gasteiger partial charge is 0.250 e. The van der Waals surface area contributed by atoms with E-state index in [2.05, 4.69) is 4.72 Å². The van der Waals surface area contributed by atoms with Gasteiger partial charge < -0.3 is 20.1 Å². The van der Waals surface area contributed by atoms with Crippen molar-refractivity contribution >= 4 is 21.4 Å². The molecule has 5 atom stereocenters. The Labute approximate surface area is 133 Å². The molecule has 2 heterocycles. The predicted octanol–water partition coefficient (Wildman–Crippen LogP) is -0.541. The van der Waals surface area contributed by atoms with Crippen LogP contribution in [0.2, 0.25) is 0 Å². The molecule has 9 heteroatoms. The van der Waals surface area contributed by atoms with Crippen LogP contribution in [0.4, 0.5) is 0 Å². The minimum atomic E-state index is -3.69. The molecule has 0 bridgehead atoms. The number of sulfonamides is 1. The topological polar surface area (TPSA) is 116 Å². The average molecular weight is 351 g/mol. The molecule has 126 valence electrons. The van der Waals surface area contributed by atoms with Crippen LogP contribution in [0.1, 0.15) is 18.7 Å². The number of aliphatic hydroxyl groups is 3. The van der Waals surface area contributed by atoms with E-state index < -0.39 is 40.5 Å². The maximum absolute atomic E-state index is 12.2. The van der Waals surface area contributed by atoms with Crippen molar-refractivity contribution in [3.05, 3.63) is 17.0 Å². The molecule has 1 aromatic heterocycles. The molecule has 0 spiro atoms. The first kappa shape index (κ1) is 17.8. The Morgan fingerprint density at radius 2 is 1.91 bits per heavy atom. The summed E-state index contributed by atoms with van der Waals surface area (Å²) in [5.41, 5.74) is 0. The first-order chi connectivity index (χ1) is 10.3. The fourth-order valence-electron chi connectivity index (χ4n) is 2.26. The maximum Gasteiger partial charge on any atom is 0.250 e. The largest absolute Gasteiger partial charge is 0.388 e. The van der Waals surface area contributed by atoms with Crippen molar-refractivity contribution in [3.8, 4) is 0 Å². The fraction of sp³-hybridized carbons (Fsp3) is 0.692. The Balaban J connectivity index is 2.02. The third-order valence-corrected chi connectivity index (χ3v) is 6.82. The Morgan fingerprint density at radius 1 is 1.23 bits per heavy atom. The Hall–Kier alpha value is -0.550. The van der Waals surface area contributed by atoms with E-state index in [1.54, 1.807) is 13.0 Å². The fourth-order valence-corrected chi connectivity index (χ4v) is 4.65. The van der Waals surface area contributed by atoms with Gasteiger partial charge in [-0.1, -0.05) is 6.92 Å². The lowest BCUT2D eigenvalue weighted by Gasteiger charge is -2.39. The number of ether oxygens (including phenoxy) is 1. The van der Waals surface area contributed by atoms with Crippen LogP contribution in [0, 0.1) is 0 Å². The monoisotopic (exact) mass is 351 g/mol. The standard InChI is InChI=1S/C13H21NO6S2/c1-3-8-4-5-10(21-8)22(18,19)14-6-9-12(16)13(17)11(15)7(2)20-9/h4-5,7,9,11-17H,3,6H2,1-2H3/t7?,9-,11-,12?,13?/m1/s1. The maximum atomic E-state index is 12.2. The van der Waals surface area contributed by atoms with E-state index in [4.69, 9.17) is 4.74 Å². The van der Waals surface area contributed by atoms with Gasteiger partial charge in [0, 0.05) is 11.4 Å². The third-order valence-electron chi connectivity index (χ3n) is 3.68. The SMILES string of the molecule is CCc1ccc(S(=O)(=O)NC[C@H]2OC(C)[C@@H](O)C(O)C2O)s1. The van der Waals surface area contributed by atoms with E-state index in [-0.39, 0.29) is 10.8 Å².